The Morgan fingerprint density at radius 1 is 1.25 bits per heavy atom. The highest BCUT2D eigenvalue weighted by Crippen LogP contribution is 2.30. The zero-order valence-electron chi connectivity index (χ0n) is 13.9. The lowest BCUT2D eigenvalue weighted by Gasteiger charge is -2.41. The van der Waals surface area contributed by atoms with Crippen LogP contribution in [-0.2, 0) is 16.4 Å². The Hall–Kier alpha value is -1.44. The molecular formula is C17H23N3O3S. The number of rotatable bonds is 2. The van der Waals surface area contributed by atoms with E-state index in [9.17, 15) is 13.2 Å². The van der Waals surface area contributed by atoms with Crippen LogP contribution in [0.2, 0.25) is 0 Å². The lowest BCUT2D eigenvalue weighted by molar-refractivity contribution is 0.0945. The van der Waals surface area contributed by atoms with Crippen LogP contribution in [0.4, 0.5) is 0 Å². The highest BCUT2D eigenvalue weighted by molar-refractivity contribution is 7.89. The molecule has 24 heavy (non-hydrogen) atoms. The molecule has 0 saturated carbocycles. The summed E-state index contributed by atoms with van der Waals surface area (Å²) in [5.74, 6) is -0.179. The molecule has 0 bridgehead atoms. The Labute approximate surface area is 142 Å². The zero-order chi connectivity index (χ0) is 16.9. The van der Waals surface area contributed by atoms with Gasteiger partial charge in [-0.05, 0) is 50.4 Å². The van der Waals surface area contributed by atoms with E-state index < -0.39 is 10.0 Å². The van der Waals surface area contributed by atoms with Gasteiger partial charge in [0.05, 0.1) is 4.90 Å². The Morgan fingerprint density at radius 3 is 2.92 bits per heavy atom. The van der Waals surface area contributed by atoms with Crippen molar-refractivity contribution >= 4 is 15.9 Å². The van der Waals surface area contributed by atoms with Gasteiger partial charge in [-0.3, -0.25) is 9.69 Å². The Balaban J connectivity index is 1.67. The second-order valence-corrected chi connectivity index (χ2v) is 8.93. The monoisotopic (exact) mass is 349 g/mol. The molecule has 3 heterocycles. The number of sulfonamides is 1. The molecule has 2 atom stereocenters. The van der Waals surface area contributed by atoms with Crippen LogP contribution in [0.1, 0.15) is 35.7 Å². The molecule has 0 unspecified atom stereocenters. The van der Waals surface area contributed by atoms with Gasteiger partial charge in [-0.2, -0.15) is 4.31 Å². The molecule has 0 spiro atoms. The van der Waals surface area contributed by atoms with E-state index in [1.54, 1.807) is 22.5 Å². The number of carbonyl (C=O) groups excluding carboxylic acids is 1. The first kappa shape index (κ1) is 16.1. The van der Waals surface area contributed by atoms with Crippen LogP contribution >= 0.6 is 0 Å². The second kappa shape index (κ2) is 5.82. The molecule has 0 aromatic heterocycles. The fraction of sp³-hybridized carbons (Fsp3) is 0.588. The van der Waals surface area contributed by atoms with E-state index in [-0.39, 0.29) is 16.8 Å². The van der Waals surface area contributed by atoms with Crippen molar-refractivity contribution in [3.05, 3.63) is 29.3 Å². The van der Waals surface area contributed by atoms with Gasteiger partial charge in [0, 0.05) is 37.3 Å². The molecule has 130 valence electrons. The van der Waals surface area contributed by atoms with E-state index in [0.717, 1.165) is 37.9 Å². The van der Waals surface area contributed by atoms with Crippen LogP contribution in [-0.4, -0.2) is 61.8 Å². The van der Waals surface area contributed by atoms with Crippen molar-refractivity contribution in [2.75, 3.05) is 26.2 Å². The normalized spacial score (nSPS) is 28.3. The molecule has 3 aliphatic heterocycles. The number of benzene rings is 1. The van der Waals surface area contributed by atoms with Gasteiger partial charge in [0.15, 0.2) is 0 Å². The SMILES string of the molecule is C[C@@H]1CN2CCC[C@H]2CN1S(=O)(=O)c1ccc2c(c1)C(=O)NCC2. The van der Waals surface area contributed by atoms with Gasteiger partial charge in [-0.1, -0.05) is 6.07 Å². The number of piperazine rings is 1. The third-order valence-electron chi connectivity index (χ3n) is 5.49. The van der Waals surface area contributed by atoms with Crippen molar-refractivity contribution in [3.63, 3.8) is 0 Å². The van der Waals surface area contributed by atoms with Crippen molar-refractivity contribution in [1.82, 2.24) is 14.5 Å². The van der Waals surface area contributed by atoms with Crippen molar-refractivity contribution in [3.8, 4) is 0 Å². The molecule has 4 rings (SSSR count). The molecule has 1 aromatic rings. The number of amides is 1. The summed E-state index contributed by atoms with van der Waals surface area (Å²) < 4.78 is 27.9. The molecule has 6 nitrogen and oxygen atoms in total. The lowest BCUT2D eigenvalue weighted by atomic mass is 10.0. The summed E-state index contributed by atoms with van der Waals surface area (Å²) in [6.07, 6.45) is 2.95. The average Bonchev–Trinajstić information content (AvgIpc) is 3.01. The number of nitrogens with one attached hydrogen (secondary N) is 1. The summed E-state index contributed by atoms with van der Waals surface area (Å²) in [5.41, 5.74) is 1.42. The summed E-state index contributed by atoms with van der Waals surface area (Å²) in [7, 11) is -3.58. The number of carbonyl (C=O) groups is 1. The molecule has 2 fully saturated rings. The lowest BCUT2D eigenvalue weighted by Crippen LogP contribution is -2.56. The van der Waals surface area contributed by atoms with E-state index in [2.05, 4.69) is 10.2 Å². The maximum atomic E-state index is 13.2. The minimum Gasteiger partial charge on any atom is -0.352 e. The third-order valence-corrected chi connectivity index (χ3v) is 7.47. The first-order valence-electron chi connectivity index (χ1n) is 8.64. The quantitative estimate of drug-likeness (QED) is 0.859. The first-order valence-corrected chi connectivity index (χ1v) is 10.1. The van der Waals surface area contributed by atoms with Gasteiger partial charge in [0.1, 0.15) is 0 Å². The van der Waals surface area contributed by atoms with Gasteiger partial charge in [-0.25, -0.2) is 8.42 Å². The minimum absolute atomic E-state index is 0.0470. The van der Waals surface area contributed by atoms with Gasteiger partial charge in [-0.15, -0.1) is 0 Å². The van der Waals surface area contributed by atoms with Crippen LogP contribution in [0.3, 0.4) is 0 Å². The maximum absolute atomic E-state index is 13.2. The first-order chi connectivity index (χ1) is 11.5. The van der Waals surface area contributed by atoms with Crippen molar-refractivity contribution in [2.24, 2.45) is 0 Å². The number of hydrogen-bond donors (Lipinski definition) is 1. The van der Waals surface area contributed by atoms with E-state index in [0.29, 0.717) is 24.7 Å². The van der Waals surface area contributed by atoms with Crippen molar-refractivity contribution < 1.29 is 13.2 Å². The Morgan fingerprint density at radius 2 is 2.08 bits per heavy atom. The van der Waals surface area contributed by atoms with Crippen LogP contribution in [0.25, 0.3) is 0 Å². The predicted molar refractivity (Wildman–Crippen MR) is 90.4 cm³/mol. The summed E-state index contributed by atoms with van der Waals surface area (Å²) in [6, 6.07) is 5.27. The van der Waals surface area contributed by atoms with Gasteiger partial charge >= 0.3 is 0 Å². The fourth-order valence-corrected chi connectivity index (χ4v) is 5.87. The molecule has 1 N–H and O–H groups in total. The fourth-order valence-electron chi connectivity index (χ4n) is 4.18. The molecule has 3 aliphatic rings. The van der Waals surface area contributed by atoms with Crippen molar-refractivity contribution in [1.29, 1.82) is 0 Å². The van der Waals surface area contributed by atoms with Gasteiger partial charge in [0.25, 0.3) is 5.91 Å². The smallest absolute Gasteiger partial charge is 0.251 e. The van der Waals surface area contributed by atoms with Crippen LogP contribution in [0.5, 0.6) is 0 Å². The number of hydrogen-bond acceptors (Lipinski definition) is 4. The minimum atomic E-state index is -3.58. The van der Waals surface area contributed by atoms with E-state index in [4.69, 9.17) is 0 Å². The average molecular weight is 349 g/mol. The summed E-state index contributed by atoms with van der Waals surface area (Å²) in [6.45, 7) is 4.99. The highest BCUT2D eigenvalue weighted by atomic mass is 32.2. The molecule has 1 aromatic carbocycles. The summed E-state index contributed by atoms with van der Waals surface area (Å²) in [4.78, 5) is 14.7. The zero-order valence-corrected chi connectivity index (χ0v) is 14.7. The van der Waals surface area contributed by atoms with E-state index in [1.165, 1.54) is 0 Å². The Bertz CT molecular complexity index is 777. The molecule has 7 heteroatoms. The van der Waals surface area contributed by atoms with Crippen LogP contribution in [0.15, 0.2) is 23.1 Å². The largest absolute Gasteiger partial charge is 0.352 e. The summed E-state index contributed by atoms with van der Waals surface area (Å²) in [5, 5.41) is 2.78. The third kappa shape index (κ3) is 2.55. The number of fused-ring (bicyclic) bond motifs is 2. The van der Waals surface area contributed by atoms with E-state index >= 15 is 0 Å². The Kier molecular flexibility index (Phi) is 3.89. The van der Waals surface area contributed by atoms with E-state index in [1.807, 2.05) is 6.92 Å². The standard InChI is InChI=1S/C17H23N3O3S/c1-12-10-19-8-2-3-14(19)11-20(12)24(22,23)15-5-4-13-6-7-18-17(21)16(13)9-15/h4-5,9,12,14H,2-3,6-8,10-11H2,1H3,(H,18,21)/t12-,14+/m1/s1. The van der Waals surface area contributed by atoms with Crippen molar-refractivity contribution in [2.45, 2.75) is 43.2 Å². The predicted octanol–water partition coefficient (Wildman–Crippen LogP) is 0.830. The van der Waals surface area contributed by atoms with Gasteiger partial charge < -0.3 is 5.32 Å². The van der Waals surface area contributed by atoms with Crippen LogP contribution in [0, 0.1) is 0 Å². The maximum Gasteiger partial charge on any atom is 0.251 e. The van der Waals surface area contributed by atoms with Gasteiger partial charge in [0.2, 0.25) is 10.0 Å². The number of nitrogens with zero attached hydrogens (tertiary/aromatic N) is 2. The summed E-state index contributed by atoms with van der Waals surface area (Å²) >= 11 is 0. The molecule has 0 radical (unpaired) electrons. The molecule has 0 aliphatic carbocycles. The van der Waals surface area contributed by atoms with Crippen LogP contribution < -0.4 is 5.32 Å². The molecule has 1 amide bonds. The molecule has 2 saturated heterocycles. The molecular weight excluding hydrogens is 326 g/mol. The highest BCUT2D eigenvalue weighted by Gasteiger charge is 2.40. The topological polar surface area (TPSA) is 69.7 Å². The second-order valence-electron chi connectivity index (χ2n) is 7.04.